The summed E-state index contributed by atoms with van der Waals surface area (Å²) in [6.07, 6.45) is 0.892. The molecule has 0 spiro atoms. The van der Waals surface area contributed by atoms with Crippen LogP contribution in [0.1, 0.15) is 19.7 Å². The number of nitrogens with zero attached hydrogens (tertiary/aromatic N) is 3. The van der Waals surface area contributed by atoms with Crippen LogP contribution in [-0.2, 0) is 13.0 Å². The lowest BCUT2D eigenvalue weighted by molar-refractivity contribution is -0.802. The van der Waals surface area contributed by atoms with E-state index in [0.717, 1.165) is 18.8 Å². The van der Waals surface area contributed by atoms with Gasteiger partial charge in [0.15, 0.2) is 0 Å². The molecule has 1 rings (SSSR count). The third-order valence-corrected chi connectivity index (χ3v) is 1.15. The summed E-state index contributed by atoms with van der Waals surface area (Å²) in [7, 11) is 0. The van der Waals surface area contributed by atoms with E-state index < -0.39 is 0 Å². The Balaban J connectivity index is 2.74. The fraction of sp³-hybridized carbons (Fsp3) is 0.800. The quantitative estimate of drug-likeness (QED) is 0.553. The van der Waals surface area contributed by atoms with Gasteiger partial charge >= 0.3 is 5.82 Å². The number of aromatic nitrogens is 4. The van der Waals surface area contributed by atoms with Crippen LogP contribution in [-0.4, -0.2) is 15.4 Å². The van der Waals surface area contributed by atoms with Crippen molar-refractivity contribution in [2.75, 3.05) is 0 Å². The summed E-state index contributed by atoms with van der Waals surface area (Å²) in [5.74, 6) is 0.872. The Morgan fingerprint density at radius 3 is 2.67 bits per heavy atom. The van der Waals surface area contributed by atoms with Crippen molar-refractivity contribution in [3.05, 3.63) is 5.82 Å². The van der Waals surface area contributed by atoms with Crippen molar-refractivity contribution in [1.29, 1.82) is 0 Å². The van der Waals surface area contributed by atoms with Gasteiger partial charge < -0.3 is 0 Å². The largest absolute Gasteiger partial charge is 0.308 e. The van der Waals surface area contributed by atoms with E-state index >= 15 is 0 Å². The van der Waals surface area contributed by atoms with Gasteiger partial charge in [-0.2, -0.15) is 0 Å². The van der Waals surface area contributed by atoms with Crippen LogP contribution in [0.15, 0.2) is 0 Å². The van der Waals surface area contributed by atoms with Crippen LogP contribution < -0.4 is 4.80 Å². The topological polar surface area (TPSA) is 45.5 Å². The van der Waals surface area contributed by atoms with Gasteiger partial charge in [-0.3, -0.25) is 0 Å². The first-order chi connectivity index (χ1) is 4.36. The standard InChI is InChI=1S/C5H10N4/c1-3-5-6-8-9(4-2)7-5/h3-4H2,1-2H3/p+1. The molecule has 0 aliphatic heterocycles. The van der Waals surface area contributed by atoms with E-state index in [2.05, 4.69) is 15.4 Å². The molecule has 4 nitrogen and oxygen atoms in total. The van der Waals surface area contributed by atoms with E-state index in [1.54, 1.807) is 4.80 Å². The second-order valence-corrected chi connectivity index (χ2v) is 1.80. The number of rotatable bonds is 2. The summed E-state index contributed by atoms with van der Waals surface area (Å²) in [6.45, 7) is 4.90. The highest BCUT2D eigenvalue weighted by atomic mass is 15.6. The molecule has 0 aliphatic carbocycles. The van der Waals surface area contributed by atoms with Crippen LogP contribution in [0.2, 0.25) is 0 Å². The van der Waals surface area contributed by atoms with Crippen molar-refractivity contribution < 1.29 is 4.80 Å². The van der Waals surface area contributed by atoms with Crippen molar-refractivity contribution in [1.82, 2.24) is 15.4 Å². The minimum Gasteiger partial charge on any atom is -0.0624 e. The predicted octanol–water partition coefficient (Wildman–Crippen LogP) is -0.326. The van der Waals surface area contributed by atoms with Crippen LogP contribution >= 0.6 is 0 Å². The molecule has 0 amide bonds. The Bertz CT molecular complexity index is 162. The molecule has 1 aromatic rings. The Labute approximate surface area is 53.9 Å². The Hall–Kier alpha value is -0.930. The molecule has 0 saturated carbocycles. The Morgan fingerprint density at radius 1 is 1.56 bits per heavy atom. The van der Waals surface area contributed by atoms with Gasteiger partial charge in [-0.05, 0) is 17.2 Å². The van der Waals surface area contributed by atoms with E-state index in [9.17, 15) is 0 Å². The fourth-order valence-electron chi connectivity index (χ4n) is 0.591. The van der Waals surface area contributed by atoms with Gasteiger partial charge in [0.2, 0.25) is 0 Å². The molecule has 4 heteroatoms. The molecule has 0 bridgehead atoms. The number of nitrogens with one attached hydrogen (secondary N) is 1. The Kier molecular flexibility index (Phi) is 1.77. The van der Waals surface area contributed by atoms with E-state index in [-0.39, 0.29) is 0 Å². The smallest absolute Gasteiger partial charge is 0.0624 e. The Morgan fingerprint density at radius 2 is 2.33 bits per heavy atom. The summed E-state index contributed by atoms with van der Waals surface area (Å²) in [5, 5.41) is 10.8. The number of hydrogen-bond acceptors (Lipinski definition) is 2. The zero-order valence-corrected chi connectivity index (χ0v) is 5.76. The number of hydrogen-bond donors (Lipinski definition) is 1. The minimum atomic E-state index is 0.854. The van der Waals surface area contributed by atoms with Crippen molar-refractivity contribution in [3.8, 4) is 0 Å². The summed E-state index contributed by atoms with van der Waals surface area (Å²) in [4.78, 5) is 1.71. The number of H-pyrrole nitrogens is 1. The molecule has 0 aromatic carbocycles. The highest BCUT2D eigenvalue weighted by molar-refractivity contribution is 4.69. The first-order valence-corrected chi connectivity index (χ1v) is 3.18. The van der Waals surface area contributed by atoms with Crippen molar-refractivity contribution in [2.24, 2.45) is 0 Å². The van der Waals surface area contributed by atoms with Crippen LogP contribution in [0.5, 0.6) is 0 Å². The summed E-state index contributed by atoms with van der Waals surface area (Å²) < 4.78 is 0. The average molecular weight is 127 g/mol. The summed E-state index contributed by atoms with van der Waals surface area (Å²) in [6, 6.07) is 0. The van der Waals surface area contributed by atoms with Gasteiger partial charge in [0.1, 0.15) is 6.54 Å². The molecule has 0 atom stereocenters. The lowest BCUT2D eigenvalue weighted by Gasteiger charge is -1.76. The van der Waals surface area contributed by atoms with Crippen LogP contribution in [0.3, 0.4) is 0 Å². The highest BCUT2D eigenvalue weighted by Gasteiger charge is 2.04. The molecule has 1 aromatic heterocycles. The first-order valence-electron chi connectivity index (χ1n) is 3.18. The molecular weight excluding hydrogens is 116 g/mol. The average Bonchev–Trinajstić information content (AvgIpc) is 2.34. The molecule has 0 fully saturated rings. The van der Waals surface area contributed by atoms with Gasteiger partial charge in [0, 0.05) is 6.42 Å². The van der Waals surface area contributed by atoms with E-state index in [1.807, 2.05) is 13.8 Å². The molecule has 50 valence electrons. The minimum absolute atomic E-state index is 0.854. The van der Waals surface area contributed by atoms with Gasteiger partial charge in [-0.15, -0.1) is 0 Å². The summed E-state index contributed by atoms with van der Waals surface area (Å²) >= 11 is 0. The van der Waals surface area contributed by atoms with E-state index in [4.69, 9.17) is 0 Å². The van der Waals surface area contributed by atoms with Crippen LogP contribution in [0, 0.1) is 0 Å². The van der Waals surface area contributed by atoms with Crippen molar-refractivity contribution >= 4 is 0 Å². The zero-order valence-electron chi connectivity index (χ0n) is 5.76. The summed E-state index contributed by atoms with van der Waals surface area (Å²) in [5.41, 5.74) is 0. The van der Waals surface area contributed by atoms with Gasteiger partial charge in [0.25, 0.3) is 0 Å². The molecule has 0 radical (unpaired) electrons. The molecular formula is C5H11N4+. The third-order valence-electron chi connectivity index (χ3n) is 1.15. The maximum Gasteiger partial charge on any atom is 0.308 e. The number of tetrazole rings is 1. The lowest BCUT2D eigenvalue weighted by atomic mass is 10.5. The maximum absolute atomic E-state index is 4.10. The SMILES string of the molecule is CCc1n[nH][n+](CC)n1. The maximum atomic E-state index is 4.10. The van der Waals surface area contributed by atoms with Gasteiger partial charge in [-0.25, -0.2) is 0 Å². The zero-order chi connectivity index (χ0) is 6.69. The van der Waals surface area contributed by atoms with Crippen LogP contribution in [0.4, 0.5) is 0 Å². The normalized spacial score (nSPS) is 10.0. The highest BCUT2D eigenvalue weighted by Crippen LogP contribution is 1.79. The third kappa shape index (κ3) is 1.25. The monoisotopic (exact) mass is 127 g/mol. The van der Waals surface area contributed by atoms with Gasteiger partial charge in [-0.1, -0.05) is 11.7 Å². The molecule has 0 aliphatic rings. The second kappa shape index (κ2) is 2.57. The van der Waals surface area contributed by atoms with Crippen molar-refractivity contribution in [2.45, 2.75) is 26.8 Å². The molecule has 1 heterocycles. The molecule has 0 unspecified atom stereocenters. The molecule has 9 heavy (non-hydrogen) atoms. The van der Waals surface area contributed by atoms with Crippen molar-refractivity contribution in [3.63, 3.8) is 0 Å². The first kappa shape index (κ1) is 6.19. The number of aromatic amines is 1. The predicted molar refractivity (Wildman–Crippen MR) is 31.6 cm³/mol. The number of aryl methyl sites for hydroxylation is 2. The lowest BCUT2D eigenvalue weighted by Crippen LogP contribution is -2.37. The molecule has 0 saturated heterocycles. The fourth-order valence-corrected chi connectivity index (χ4v) is 0.591. The van der Waals surface area contributed by atoms with E-state index in [0.29, 0.717) is 0 Å². The second-order valence-electron chi connectivity index (χ2n) is 1.80. The van der Waals surface area contributed by atoms with E-state index in [1.165, 1.54) is 0 Å². The van der Waals surface area contributed by atoms with Crippen LogP contribution in [0.25, 0.3) is 0 Å². The molecule has 1 N–H and O–H groups in total. The van der Waals surface area contributed by atoms with Gasteiger partial charge in [0.05, 0.1) is 5.10 Å².